The maximum Gasteiger partial charge on any atom is 0.307 e. The van der Waals surface area contributed by atoms with Crippen molar-refractivity contribution < 1.29 is 14.6 Å². The number of ether oxygens (including phenoxy) is 1. The zero-order valence-corrected chi connectivity index (χ0v) is 11.0. The summed E-state index contributed by atoms with van der Waals surface area (Å²) in [5.41, 5.74) is 0.800. The Bertz CT molecular complexity index is 416. The molecule has 0 bridgehead atoms. The molecule has 2 rings (SSSR count). The number of carboxylic acid groups (broad SMARTS) is 1. The molecule has 98 valence electrons. The SMILES string of the molecule is CC(C)c1ccc(OC2(CC(=O)O)CCC2)cc1. The number of benzene rings is 1. The van der Waals surface area contributed by atoms with Crippen LogP contribution in [0.25, 0.3) is 0 Å². The lowest BCUT2D eigenvalue weighted by atomic mass is 9.77. The summed E-state index contributed by atoms with van der Waals surface area (Å²) in [5, 5.41) is 8.93. The minimum atomic E-state index is -0.784. The van der Waals surface area contributed by atoms with Gasteiger partial charge in [0.15, 0.2) is 0 Å². The summed E-state index contributed by atoms with van der Waals surface area (Å²) in [4.78, 5) is 10.9. The Hall–Kier alpha value is -1.51. The number of rotatable bonds is 5. The van der Waals surface area contributed by atoms with E-state index >= 15 is 0 Å². The van der Waals surface area contributed by atoms with Gasteiger partial charge in [-0.1, -0.05) is 26.0 Å². The Labute approximate surface area is 108 Å². The normalized spacial score (nSPS) is 17.3. The van der Waals surface area contributed by atoms with Crippen LogP contribution in [-0.4, -0.2) is 16.7 Å². The van der Waals surface area contributed by atoms with Crippen LogP contribution >= 0.6 is 0 Å². The molecule has 0 saturated heterocycles. The molecule has 0 unspecified atom stereocenters. The van der Waals surface area contributed by atoms with Gasteiger partial charge in [0, 0.05) is 0 Å². The van der Waals surface area contributed by atoms with Crippen molar-refractivity contribution in [3.05, 3.63) is 29.8 Å². The second-order valence-electron chi connectivity index (χ2n) is 5.43. The zero-order valence-electron chi connectivity index (χ0n) is 11.0. The van der Waals surface area contributed by atoms with E-state index in [9.17, 15) is 4.79 Å². The van der Waals surface area contributed by atoms with E-state index in [-0.39, 0.29) is 6.42 Å². The molecular formula is C15H20O3. The van der Waals surface area contributed by atoms with Gasteiger partial charge in [-0.2, -0.15) is 0 Å². The number of hydrogen-bond acceptors (Lipinski definition) is 2. The van der Waals surface area contributed by atoms with E-state index in [4.69, 9.17) is 9.84 Å². The number of aliphatic carboxylic acids is 1. The molecule has 0 aliphatic heterocycles. The molecule has 0 atom stereocenters. The highest BCUT2D eigenvalue weighted by Gasteiger charge is 2.41. The van der Waals surface area contributed by atoms with Crippen LogP contribution in [0.1, 0.15) is 51.0 Å². The largest absolute Gasteiger partial charge is 0.487 e. The van der Waals surface area contributed by atoms with Crippen LogP contribution in [0.5, 0.6) is 5.75 Å². The molecule has 0 heterocycles. The van der Waals surface area contributed by atoms with Crippen LogP contribution in [0.15, 0.2) is 24.3 Å². The van der Waals surface area contributed by atoms with E-state index in [2.05, 4.69) is 13.8 Å². The number of hydrogen-bond donors (Lipinski definition) is 1. The molecule has 1 fully saturated rings. The van der Waals surface area contributed by atoms with Gasteiger partial charge < -0.3 is 9.84 Å². The highest BCUT2D eigenvalue weighted by atomic mass is 16.5. The Morgan fingerprint density at radius 1 is 1.33 bits per heavy atom. The first-order valence-corrected chi connectivity index (χ1v) is 6.51. The van der Waals surface area contributed by atoms with E-state index in [0.717, 1.165) is 25.0 Å². The van der Waals surface area contributed by atoms with Crippen molar-refractivity contribution in [1.82, 2.24) is 0 Å². The average Bonchev–Trinajstić information content (AvgIpc) is 2.26. The van der Waals surface area contributed by atoms with E-state index in [1.54, 1.807) is 0 Å². The van der Waals surface area contributed by atoms with Crippen molar-refractivity contribution in [2.24, 2.45) is 0 Å². The minimum absolute atomic E-state index is 0.0962. The van der Waals surface area contributed by atoms with Gasteiger partial charge in [-0.25, -0.2) is 0 Å². The molecule has 1 aliphatic carbocycles. The molecule has 18 heavy (non-hydrogen) atoms. The van der Waals surface area contributed by atoms with Crippen molar-refractivity contribution in [3.8, 4) is 5.75 Å². The third kappa shape index (κ3) is 2.84. The smallest absolute Gasteiger partial charge is 0.307 e. The second-order valence-corrected chi connectivity index (χ2v) is 5.43. The quantitative estimate of drug-likeness (QED) is 0.866. The first-order valence-electron chi connectivity index (χ1n) is 6.51. The van der Waals surface area contributed by atoms with Gasteiger partial charge in [-0.05, 0) is 42.9 Å². The Kier molecular flexibility index (Phi) is 3.60. The predicted octanol–water partition coefficient (Wildman–Crippen LogP) is 3.59. The Morgan fingerprint density at radius 3 is 2.33 bits per heavy atom. The summed E-state index contributed by atoms with van der Waals surface area (Å²) in [7, 11) is 0. The summed E-state index contributed by atoms with van der Waals surface area (Å²) < 4.78 is 5.90. The molecule has 0 radical (unpaired) electrons. The van der Waals surface area contributed by atoms with Crippen molar-refractivity contribution in [2.75, 3.05) is 0 Å². The van der Waals surface area contributed by atoms with Gasteiger partial charge in [0.2, 0.25) is 0 Å². The molecule has 3 nitrogen and oxygen atoms in total. The van der Waals surface area contributed by atoms with Crippen molar-refractivity contribution >= 4 is 5.97 Å². The maximum absolute atomic E-state index is 10.9. The minimum Gasteiger partial charge on any atom is -0.487 e. The van der Waals surface area contributed by atoms with Crippen LogP contribution in [0.3, 0.4) is 0 Å². The van der Waals surface area contributed by atoms with Crippen LogP contribution in [0.4, 0.5) is 0 Å². The van der Waals surface area contributed by atoms with E-state index in [1.807, 2.05) is 24.3 Å². The molecule has 1 N–H and O–H groups in total. The van der Waals surface area contributed by atoms with Gasteiger partial charge in [-0.15, -0.1) is 0 Å². The molecule has 0 aromatic heterocycles. The molecule has 1 saturated carbocycles. The highest BCUT2D eigenvalue weighted by molar-refractivity contribution is 5.68. The summed E-state index contributed by atoms with van der Waals surface area (Å²) in [6, 6.07) is 7.98. The molecule has 0 spiro atoms. The first kappa shape index (κ1) is 12.9. The Morgan fingerprint density at radius 2 is 1.94 bits per heavy atom. The predicted molar refractivity (Wildman–Crippen MR) is 70.0 cm³/mol. The fourth-order valence-electron chi connectivity index (χ4n) is 2.33. The summed E-state index contributed by atoms with van der Waals surface area (Å²) in [6.07, 6.45) is 2.83. The molecule has 1 aliphatic rings. The highest BCUT2D eigenvalue weighted by Crippen LogP contribution is 2.39. The lowest BCUT2D eigenvalue weighted by molar-refractivity contribution is -0.144. The summed E-state index contributed by atoms with van der Waals surface area (Å²) >= 11 is 0. The molecule has 1 aromatic carbocycles. The molecule has 3 heteroatoms. The van der Waals surface area contributed by atoms with Crippen molar-refractivity contribution in [1.29, 1.82) is 0 Å². The van der Waals surface area contributed by atoms with Crippen LogP contribution in [-0.2, 0) is 4.79 Å². The van der Waals surface area contributed by atoms with Crippen molar-refractivity contribution in [2.45, 2.75) is 51.0 Å². The van der Waals surface area contributed by atoms with E-state index < -0.39 is 11.6 Å². The van der Waals surface area contributed by atoms with Gasteiger partial charge in [0.1, 0.15) is 11.4 Å². The van der Waals surface area contributed by atoms with Gasteiger partial charge in [0.05, 0.1) is 6.42 Å². The maximum atomic E-state index is 10.9. The van der Waals surface area contributed by atoms with Crippen LogP contribution in [0.2, 0.25) is 0 Å². The van der Waals surface area contributed by atoms with E-state index in [0.29, 0.717) is 5.92 Å². The molecular weight excluding hydrogens is 228 g/mol. The fraction of sp³-hybridized carbons (Fsp3) is 0.533. The summed E-state index contributed by atoms with van der Waals surface area (Å²) in [6.45, 7) is 4.29. The molecule has 0 amide bonds. The van der Waals surface area contributed by atoms with Gasteiger partial charge >= 0.3 is 5.97 Å². The van der Waals surface area contributed by atoms with Crippen LogP contribution < -0.4 is 4.74 Å². The van der Waals surface area contributed by atoms with Crippen LogP contribution in [0, 0.1) is 0 Å². The third-order valence-corrected chi connectivity index (χ3v) is 3.62. The monoisotopic (exact) mass is 248 g/mol. The zero-order chi connectivity index (χ0) is 13.2. The Balaban J connectivity index is 2.05. The van der Waals surface area contributed by atoms with E-state index in [1.165, 1.54) is 5.56 Å². The van der Waals surface area contributed by atoms with Gasteiger partial charge in [0.25, 0.3) is 0 Å². The number of carbonyl (C=O) groups is 1. The summed E-state index contributed by atoms with van der Waals surface area (Å²) in [5.74, 6) is 0.490. The van der Waals surface area contributed by atoms with Gasteiger partial charge in [-0.3, -0.25) is 4.79 Å². The third-order valence-electron chi connectivity index (χ3n) is 3.62. The number of carboxylic acids is 1. The lowest BCUT2D eigenvalue weighted by Crippen LogP contribution is -2.45. The lowest BCUT2D eigenvalue weighted by Gasteiger charge is -2.40. The average molecular weight is 248 g/mol. The van der Waals surface area contributed by atoms with Crippen molar-refractivity contribution in [3.63, 3.8) is 0 Å². The fourth-order valence-corrected chi connectivity index (χ4v) is 2.33. The molecule has 1 aromatic rings. The standard InChI is InChI=1S/C15H20O3/c1-11(2)12-4-6-13(7-5-12)18-15(8-3-9-15)10-14(16)17/h4-7,11H,3,8-10H2,1-2H3,(H,16,17). The second kappa shape index (κ2) is 5.01. The topological polar surface area (TPSA) is 46.5 Å². The first-order chi connectivity index (χ1) is 8.51.